The van der Waals surface area contributed by atoms with Crippen LogP contribution >= 0.6 is 0 Å². The van der Waals surface area contributed by atoms with E-state index in [1.165, 1.54) is 24.3 Å². The minimum atomic E-state index is -0.798. The third-order valence-corrected chi connectivity index (χ3v) is 3.94. The number of ketones is 1. The van der Waals surface area contributed by atoms with Crippen molar-refractivity contribution in [3.05, 3.63) is 101 Å². The van der Waals surface area contributed by atoms with Gasteiger partial charge in [0.25, 0.3) is 5.91 Å². The fourth-order valence-corrected chi connectivity index (χ4v) is 2.53. The summed E-state index contributed by atoms with van der Waals surface area (Å²) in [5, 5.41) is 2.65. The van der Waals surface area contributed by atoms with Gasteiger partial charge in [0.05, 0.1) is 16.8 Å². The third kappa shape index (κ3) is 4.48. The predicted octanol–water partition coefficient (Wildman–Crippen LogP) is 4.12. The quantitative estimate of drug-likeness (QED) is 0.518. The molecule has 1 N–H and O–H groups in total. The van der Waals surface area contributed by atoms with Crippen LogP contribution in [0.5, 0.6) is 0 Å². The lowest BCUT2D eigenvalue weighted by molar-refractivity contribution is 0.0474. The Morgan fingerprint density at radius 2 is 1.39 bits per heavy atom. The molecule has 0 aliphatic rings. The molecular formula is C22H16FNO4. The molecule has 140 valence electrons. The minimum absolute atomic E-state index is 0.0908. The maximum absolute atomic E-state index is 13.6. The largest absolute Gasteiger partial charge is 0.454 e. The standard InChI is InChI=1S/C22H16FNO4/c23-18-12-6-4-10-16(18)20(25)14-28-22(27)17-11-5-7-13-19(17)24-21(26)15-8-2-1-3-9-15/h1-13H,14H2,(H,24,26). The summed E-state index contributed by atoms with van der Waals surface area (Å²) in [6.07, 6.45) is 0. The van der Waals surface area contributed by atoms with Gasteiger partial charge in [-0.15, -0.1) is 0 Å². The molecule has 0 unspecified atom stereocenters. The van der Waals surface area contributed by atoms with E-state index >= 15 is 0 Å². The number of nitrogens with one attached hydrogen (secondary N) is 1. The lowest BCUT2D eigenvalue weighted by atomic mass is 10.1. The molecule has 0 atom stereocenters. The molecule has 3 aromatic carbocycles. The summed E-state index contributed by atoms with van der Waals surface area (Å²) >= 11 is 0. The van der Waals surface area contributed by atoms with Crippen LogP contribution in [0.3, 0.4) is 0 Å². The minimum Gasteiger partial charge on any atom is -0.454 e. The van der Waals surface area contributed by atoms with E-state index in [1.54, 1.807) is 48.5 Å². The van der Waals surface area contributed by atoms with E-state index in [0.717, 1.165) is 6.07 Å². The molecule has 0 saturated carbocycles. The highest BCUT2D eigenvalue weighted by Crippen LogP contribution is 2.18. The highest BCUT2D eigenvalue weighted by Gasteiger charge is 2.18. The maximum Gasteiger partial charge on any atom is 0.340 e. The van der Waals surface area contributed by atoms with Crippen molar-refractivity contribution in [1.29, 1.82) is 0 Å². The summed E-state index contributed by atoms with van der Waals surface area (Å²) < 4.78 is 18.7. The molecule has 28 heavy (non-hydrogen) atoms. The molecule has 0 spiro atoms. The van der Waals surface area contributed by atoms with Crippen molar-refractivity contribution in [2.24, 2.45) is 0 Å². The van der Waals surface area contributed by atoms with Crippen LogP contribution in [0.2, 0.25) is 0 Å². The number of hydrogen-bond acceptors (Lipinski definition) is 4. The first-order chi connectivity index (χ1) is 13.6. The Morgan fingerprint density at radius 1 is 0.786 bits per heavy atom. The Labute approximate surface area is 160 Å². The molecule has 5 nitrogen and oxygen atoms in total. The van der Waals surface area contributed by atoms with Crippen LogP contribution in [-0.2, 0) is 4.74 Å². The lowest BCUT2D eigenvalue weighted by Gasteiger charge is -2.11. The first kappa shape index (κ1) is 19.0. The van der Waals surface area contributed by atoms with Crippen LogP contribution < -0.4 is 5.32 Å². The number of ether oxygens (including phenoxy) is 1. The molecule has 0 aliphatic heterocycles. The maximum atomic E-state index is 13.6. The summed E-state index contributed by atoms with van der Waals surface area (Å²) in [6, 6.07) is 20.3. The van der Waals surface area contributed by atoms with E-state index in [-0.39, 0.29) is 22.7 Å². The van der Waals surface area contributed by atoms with Crippen molar-refractivity contribution in [3.63, 3.8) is 0 Å². The van der Waals surface area contributed by atoms with Crippen LogP contribution in [0, 0.1) is 5.82 Å². The van der Waals surface area contributed by atoms with Crippen molar-refractivity contribution >= 4 is 23.3 Å². The summed E-state index contributed by atoms with van der Waals surface area (Å²) in [5.74, 6) is -2.52. The Balaban J connectivity index is 1.70. The lowest BCUT2D eigenvalue weighted by Crippen LogP contribution is -2.18. The number of halogens is 1. The normalized spacial score (nSPS) is 10.2. The molecule has 6 heteroatoms. The second-order valence-electron chi connectivity index (χ2n) is 5.84. The van der Waals surface area contributed by atoms with Crippen LogP contribution in [0.25, 0.3) is 0 Å². The van der Waals surface area contributed by atoms with E-state index in [1.807, 2.05) is 0 Å². The van der Waals surface area contributed by atoms with Gasteiger partial charge in [0.2, 0.25) is 5.78 Å². The van der Waals surface area contributed by atoms with Gasteiger partial charge in [-0.2, -0.15) is 0 Å². The molecular weight excluding hydrogens is 361 g/mol. The van der Waals surface area contributed by atoms with Gasteiger partial charge in [-0.25, -0.2) is 9.18 Å². The SMILES string of the molecule is O=C(Nc1ccccc1C(=O)OCC(=O)c1ccccc1F)c1ccccc1. The first-order valence-electron chi connectivity index (χ1n) is 8.46. The van der Waals surface area contributed by atoms with Crippen molar-refractivity contribution in [1.82, 2.24) is 0 Å². The number of carbonyl (C=O) groups is 3. The number of rotatable bonds is 6. The highest BCUT2D eigenvalue weighted by atomic mass is 19.1. The number of amides is 1. The fourth-order valence-electron chi connectivity index (χ4n) is 2.53. The van der Waals surface area contributed by atoms with Crippen LogP contribution in [0.15, 0.2) is 78.9 Å². The Hall–Kier alpha value is -3.80. The average molecular weight is 377 g/mol. The molecule has 3 rings (SSSR count). The van der Waals surface area contributed by atoms with Gasteiger partial charge in [-0.05, 0) is 36.4 Å². The van der Waals surface area contributed by atoms with Crippen LogP contribution in [0.4, 0.5) is 10.1 Å². The van der Waals surface area contributed by atoms with E-state index in [4.69, 9.17) is 4.74 Å². The Bertz CT molecular complexity index is 1020. The second-order valence-corrected chi connectivity index (χ2v) is 5.84. The van der Waals surface area contributed by atoms with Gasteiger partial charge in [-0.1, -0.05) is 42.5 Å². The number of anilines is 1. The summed E-state index contributed by atoms with van der Waals surface area (Å²) in [4.78, 5) is 36.8. The number of hydrogen-bond donors (Lipinski definition) is 1. The summed E-state index contributed by atoms with van der Waals surface area (Å²) in [7, 11) is 0. The number of carbonyl (C=O) groups excluding carboxylic acids is 3. The number of benzene rings is 3. The number of Topliss-reactive ketones (excluding diaryl/α,β-unsaturated/α-hetero) is 1. The zero-order valence-electron chi connectivity index (χ0n) is 14.7. The molecule has 0 radical (unpaired) electrons. The molecule has 3 aromatic rings. The molecule has 0 heterocycles. The highest BCUT2D eigenvalue weighted by molar-refractivity contribution is 6.08. The number of para-hydroxylation sites is 1. The van der Waals surface area contributed by atoms with Crippen molar-refractivity contribution < 1.29 is 23.5 Å². The second kappa shape index (κ2) is 8.73. The zero-order valence-corrected chi connectivity index (χ0v) is 14.7. The van der Waals surface area contributed by atoms with E-state index in [9.17, 15) is 18.8 Å². The molecule has 0 aliphatic carbocycles. The topological polar surface area (TPSA) is 72.5 Å². The molecule has 0 aromatic heterocycles. The van der Waals surface area contributed by atoms with Gasteiger partial charge in [0.1, 0.15) is 5.82 Å². The molecule has 0 saturated heterocycles. The van der Waals surface area contributed by atoms with Crippen LogP contribution in [0.1, 0.15) is 31.1 Å². The zero-order chi connectivity index (χ0) is 19.9. The monoisotopic (exact) mass is 377 g/mol. The van der Waals surface area contributed by atoms with Gasteiger partial charge in [0.15, 0.2) is 6.61 Å². The van der Waals surface area contributed by atoms with Crippen molar-refractivity contribution in [2.45, 2.75) is 0 Å². The smallest absolute Gasteiger partial charge is 0.340 e. The predicted molar refractivity (Wildman–Crippen MR) is 102 cm³/mol. The van der Waals surface area contributed by atoms with E-state index in [0.29, 0.717) is 5.56 Å². The van der Waals surface area contributed by atoms with Gasteiger partial charge >= 0.3 is 5.97 Å². The van der Waals surface area contributed by atoms with Crippen LogP contribution in [-0.4, -0.2) is 24.3 Å². The van der Waals surface area contributed by atoms with Gasteiger partial charge < -0.3 is 10.1 Å². The van der Waals surface area contributed by atoms with Crippen molar-refractivity contribution in [3.8, 4) is 0 Å². The Morgan fingerprint density at radius 3 is 2.11 bits per heavy atom. The number of esters is 1. The summed E-state index contributed by atoms with van der Waals surface area (Å²) in [5.41, 5.74) is 0.620. The Kier molecular flexibility index (Phi) is 5.91. The molecule has 1 amide bonds. The first-order valence-corrected chi connectivity index (χ1v) is 8.46. The fraction of sp³-hybridized carbons (Fsp3) is 0.0455. The van der Waals surface area contributed by atoms with Crippen molar-refractivity contribution in [2.75, 3.05) is 11.9 Å². The third-order valence-electron chi connectivity index (χ3n) is 3.94. The van der Waals surface area contributed by atoms with E-state index in [2.05, 4.69) is 5.32 Å². The van der Waals surface area contributed by atoms with Gasteiger partial charge in [0, 0.05) is 5.56 Å². The molecule has 0 bridgehead atoms. The summed E-state index contributed by atoms with van der Waals surface area (Å²) in [6.45, 7) is -0.610. The van der Waals surface area contributed by atoms with Gasteiger partial charge in [-0.3, -0.25) is 9.59 Å². The van der Waals surface area contributed by atoms with E-state index < -0.39 is 24.2 Å². The average Bonchev–Trinajstić information content (AvgIpc) is 2.73. The molecule has 0 fully saturated rings.